The highest BCUT2D eigenvalue weighted by molar-refractivity contribution is 6.31. The van der Waals surface area contributed by atoms with Crippen molar-refractivity contribution < 1.29 is 14.2 Å². The Hall–Kier alpha value is -3.15. The fraction of sp³-hybridized carbons (Fsp3) is 0.200. The number of hydrogen-bond acceptors (Lipinski definition) is 5. The maximum absolute atomic E-state index is 6.57. The van der Waals surface area contributed by atoms with Crippen molar-refractivity contribution in [1.29, 1.82) is 0 Å². The van der Waals surface area contributed by atoms with E-state index in [9.17, 15) is 0 Å². The van der Waals surface area contributed by atoms with Crippen LogP contribution in [0.4, 0.5) is 0 Å². The predicted molar refractivity (Wildman–Crippen MR) is 121 cm³/mol. The van der Waals surface area contributed by atoms with Crippen LogP contribution in [0.15, 0.2) is 72.8 Å². The first-order chi connectivity index (χ1) is 15.2. The molecule has 0 radical (unpaired) electrons. The maximum atomic E-state index is 6.57. The summed E-state index contributed by atoms with van der Waals surface area (Å²) in [6.45, 7) is 2.54. The van der Waals surface area contributed by atoms with E-state index in [-0.39, 0.29) is 6.04 Å². The number of methoxy groups -OCH3 is 1. The van der Waals surface area contributed by atoms with Crippen LogP contribution >= 0.6 is 11.6 Å². The number of nitrogens with zero attached hydrogens (tertiary/aromatic N) is 1. The van der Waals surface area contributed by atoms with Crippen molar-refractivity contribution in [3.63, 3.8) is 0 Å². The molecule has 2 unspecified atom stereocenters. The smallest absolute Gasteiger partial charge is 0.197 e. The summed E-state index contributed by atoms with van der Waals surface area (Å²) in [4.78, 5) is 0. The molecule has 31 heavy (non-hydrogen) atoms. The van der Waals surface area contributed by atoms with Crippen LogP contribution in [0.3, 0.4) is 0 Å². The minimum absolute atomic E-state index is 0.0393. The van der Waals surface area contributed by atoms with Gasteiger partial charge in [0, 0.05) is 16.1 Å². The predicted octanol–water partition coefficient (Wildman–Crippen LogP) is 5.74. The molecule has 0 saturated heterocycles. The standard InChI is InChI=1S/C25H23ClN2O3/c1-3-30-23-10-6-8-19-22-15-21(16-11-13-17(29-2)14-12-16)27-28(22)25(31-24(19)23)18-7-4-5-9-20(18)26/h4-15,22,25,27H,3H2,1-2H3. The summed E-state index contributed by atoms with van der Waals surface area (Å²) in [5.41, 5.74) is 7.55. The Morgan fingerprint density at radius 3 is 2.52 bits per heavy atom. The molecule has 0 fully saturated rings. The van der Waals surface area contributed by atoms with Crippen molar-refractivity contribution in [2.45, 2.75) is 19.2 Å². The molecule has 0 spiro atoms. The molecule has 5 nitrogen and oxygen atoms in total. The van der Waals surface area contributed by atoms with Gasteiger partial charge in [-0.25, -0.2) is 0 Å². The molecule has 6 heteroatoms. The molecule has 0 amide bonds. The van der Waals surface area contributed by atoms with E-state index in [1.165, 1.54) is 0 Å². The third kappa shape index (κ3) is 3.50. The lowest BCUT2D eigenvalue weighted by molar-refractivity contribution is -0.0345. The van der Waals surface area contributed by atoms with Gasteiger partial charge < -0.3 is 19.6 Å². The summed E-state index contributed by atoms with van der Waals surface area (Å²) in [6, 6.07) is 21.7. The van der Waals surface area contributed by atoms with Gasteiger partial charge in [-0.1, -0.05) is 41.9 Å². The highest BCUT2D eigenvalue weighted by atomic mass is 35.5. The first-order valence-electron chi connectivity index (χ1n) is 10.3. The summed E-state index contributed by atoms with van der Waals surface area (Å²) in [5.74, 6) is 2.32. The van der Waals surface area contributed by atoms with Crippen LogP contribution in [0, 0.1) is 0 Å². The topological polar surface area (TPSA) is 43.0 Å². The van der Waals surface area contributed by atoms with Crippen LogP contribution in [0.1, 0.15) is 35.9 Å². The fourth-order valence-electron chi connectivity index (χ4n) is 4.08. The molecule has 2 aliphatic rings. The number of benzene rings is 3. The van der Waals surface area contributed by atoms with Crippen molar-refractivity contribution in [3.8, 4) is 17.2 Å². The zero-order valence-corrected chi connectivity index (χ0v) is 18.1. The Kier molecular flexibility index (Phi) is 5.22. The summed E-state index contributed by atoms with van der Waals surface area (Å²) < 4.78 is 17.7. The van der Waals surface area contributed by atoms with Gasteiger partial charge in [0.15, 0.2) is 17.7 Å². The van der Waals surface area contributed by atoms with Gasteiger partial charge in [0.05, 0.1) is 25.5 Å². The molecule has 3 aromatic carbocycles. The maximum Gasteiger partial charge on any atom is 0.197 e. The van der Waals surface area contributed by atoms with Gasteiger partial charge in [-0.15, -0.1) is 0 Å². The number of rotatable bonds is 5. The molecule has 158 valence electrons. The van der Waals surface area contributed by atoms with Crippen molar-refractivity contribution in [1.82, 2.24) is 10.4 Å². The van der Waals surface area contributed by atoms with E-state index in [4.69, 9.17) is 25.8 Å². The Morgan fingerprint density at radius 2 is 1.77 bits per heavy atom. The quantitative estimate of drug-likeness (QED) is 0.554. The summed E-state index contributed by atoms with van der Waals surface area (Å²) >= 11 is 6.57. The lowest BCUT2D eigenvalue weighted by Crippen LogP contribution is -2.43. The SMILES string of the molecule is CCOc1cccc2c1OC(c1ccccc1Cl)N1NC(c3ccc(OC)cc3)=CC21. The van der Waals surface area contributed by atoms with Crippen LogP contribution in [0.5, 0.6) is 17.2 Å². The van der Waals surface area contributed by atoms with Gasteiger partial charge >= 0.3 is 0 Å². The Labute approximate surface area is 186 Å². The minimum atomic E-state index is -0.417. The molecule has 5 rings (SSSR count). The summed E-state index contributed by atoms with van der Waals surface area (Å²) in [6.07, 6.45) is 1.79. The molecule has 0 saturated carbocycles. The first-order valence-corrected chi connectivity index (χ1v) is 10.7. The zero-order chi connectivity index (χ0) is 21.4. The van der Waals surface area contributed by atoms with Crippen molar-refractivity contribution >= 4 is 17.3 Å². The Morgan fingerprint density at radius 1 is 1.00 bits per heavy atom. The average Bonchev–Trinajstić information content (AvgIpc) is 3.25. The number of hydrazine groups is 1. The lowest BCUT2D eigenvalue weighted by Gasteiger charge is -2.39. The second-order valence-corrected chi connectivity index (χ2v) is 7.78. The second-order valence-electron chi connectivity index (χ2n) is 7.37. The number of nitrogens with one attached hydrogen (secondary N) is 1. The first kappa shape index (κ1) is 19.8. The number of fused-ring (bicyclic) bond motifs is 3. The molecule has 2 atom stereocenters. The Balaban J connectivity index is 1.60. The Bertz CT molecular complexity index is 1130. The molecule has 2 aliphatic heterocycles. The van der Waals surface area contributed by atoms with E-state index in [2.05, 4.69) is 22.6 Å². The molecular formula is C25H23ClN2O3. The molecule has 0 aromatic heterocycles. The van der Waals surface area contributed by atoms with Crippen LogP contribution < -0.4 is 19.6 Å². The molecule has 3 aromatic rings. The van der Waals surface area contributed by atoms with Crippen LogP contribution in [0.25, 0.3) is 5.70 Å². The highest BCUT2D eigenvalue weighted by Gasteiger charge is 2.42. The second kappa shape index (κ2) is 8.17. The molecule has 2 heterocycles. The van der Waals surface area contributed by atoms with Gasteiger partial charge in [-0.05, 0) is 55.0 Å². The minimum Gasteiger partial charge on any atom is -0.497 e. The molecular weight excluding hydrogens is 412 g/mol. The van der Waals surface area contributed by atoms with E-state index in [1.54, 1.807) is 7.11 Å². The van der Waals surface area contributed by atoms with Crippen molar-refractivity contribution in [3.05, 3.63) is 94.5 Å². The fourth-order valence-corrected chi connectivity index (χ4v) is 4.31. The van der Waals surface area contributed by atoms with Gasteiger partial charge in [0.1, 0.15) is 5.75 Å². The number of halogens is 1. The van der Waals surface area contributed by atoms with E-state index in [1.807, 2.05) is 67.6 Å². The van der Waals surface area contributed by atoms with Crippen LogP contribution in [-0.2, 0) is 0 Å². The van der Waals surface area contributed by atoms with E-state index >= 15 is 0 Å². The van der Waals surface area contributed by atoms with Crippen LogP contribution in [0.2, 0.25) is 5.02 Å². The average molecular weight is 435 g/mol. The molecule has 0 aliphatic carbocycles. The molecule has 1 N–H and O–H groups in total. The van der Waals surface area contributed by atoms with Gasteiger partial charge in [0.25, 0.3) is 0 Å². The normalized spacial score (nSPS) is 19.5. The summed E-state index contributed by atoms with van der Waals surface area (Å²) in [7, 11) is 1.67. The van der Waals surface area contributed by atoms with E-state index < -0.39 is 6.23 Å². The lowest BCUT2D eigenvalue weighted by atomic mass is 10.00. The van der Waals surface area contributed by atoms with E-state index in [0.717, 1.165) is 39.6 Å². The number of hydrogen-bond donors (Lipinski definition) is 1. The number of ether oxygens (including phenoxy) is 3. The third-order valence-electron chi connectivity index (χ3n) is 5.56. The van der Waals surface area contributed by atoms with Gasteiger partial charge in [-0.3, -0.25) is 0 Å². The van der Waals surface area contributed by atoms with Gasteiger partial charge in [0.2, 0.25) is 0 Å². The van der Waals surface area contributed by atoms with E-state index in [0.29, 0.717) is 11.6 Å². The summed E-state index contributed by atoms with van der Waals surface area (Å²) in [5, 5.41) is 2.75. The largest absolute Gasteiger partial charge is 0.497 e. The van der Waals surface area contributed by atoms with Crippen molar-refractivity contribution in [2.75, 3.05) is 13.7 Å². The van der Waals surface area contributed by atoms with Gasteiger partial charge in [-0.2, -0.15) is 5.01 Å². The van der Waals surface area contributed by atoms with Crippen molar-refractivity contribution in [2.24, 2.45) is 0 Å². The number of para-hydroxylation sites is 1. The zero-order valence-electron chi connectivity index (χ0n) is 17.3. The monoisotopic (exact) mass is 434 g/mol. The highest BCUT2D eigenvalue weighted by Crippen LogP contribution is 2.50. The molecule has 0 bridgehead atoms. The third-order valence-corrected chi connectivity index (χ3v) is 5.90. The van der Waals surface area contributed by atoms with Crippen LogP contribution in [-0.4, -0.2) is 18.7 Å².